The second-order valence-corrected chi connectivity index (χ2v) is 6.72. The summed E-state index contributed by atoms with van der Waals surface area (Å²) < 4.78 is 40.3. The molecule has 0 radical (unpaired) electrons. The molecule has 1 aromatic rings. The summed E-state index contributed by atoms with van der Waals surface area (Å²) in [6, 6.07) is 0. The molecule has 1 fully saturated rings. The zero-order chi connectivity index (χ0) is 17.7. The number of hydrogen-bond donors (Lipinski definition) is 2. The minimum Gasteiger partial charge on any atom is -0.363 e. The molecule has 0 bridgehead atoms. The topological polar surface area (TPSA) is 41.9 Å². The van der Waals surface area contributed by atoms with Crippen LogP contribution in [0.4, 0.5) is 13.2 Å². The second kappa shape index (κ2) is 8.38. The van der Waals surface area contributed by atoms with E-state index in [1.807, 2.05) is 0 Å². The first-order chi connectivity index (χ1) is 11.3. The van der Waals surface area contributed by atoms with E-state index in [0.29, 0.717) is 30.3 Å². The maximum absolute atomic E-state index is 13.0. The highest BCUT2D eigenvalue weighted by Gasteiger charge is 2.41. The molecule has 1 aliphatic rings. The van der Waals surface area contributed by atoms with E-state index < -0.39 is 11.9 Å². The Hall–Kier alpha value is -1.02. The van der Waals surface area contributed by atoms with Crippen LogP contribution in [0.5, 0.6) is 0 Å². The van der Waals surface area contributed by atoms with Gasteiger partial charge in [0, 0.05) is 25.6 Å². The van der Waals surface area contributed by atoms with E-state index in [0.717, 1.165) is 32.2 Å². The Kier molecular flexibility index (Phi) is 6.74. The molecule has 9 heteroatoms. The molecule has 136 valence electrons. The molecule has 0 spiro atoms. The zero-order valence-corrected chi connectivity index (χ0v) is 15.1. The van der Waals surface area contributed by atoms with Crippen molar-refractivity contribution in [1.82, 2.24) is 20.4 Å². The lowest BCUT2D eigenvalue weighted by atomic mass is 10.2. The number of alkyl halides is 3. The number of nitrogens with one attached hydrogen (secondary N) is 2. The number of thiocarbonyl (C=S) groups is 1. The number of unbranched alkanes of at least 4 members (excludes halogenated alkanes) is 1. The van der Waals surface area contributed by atoms with Crippen LogP contribution in [0.15, 0.2) is 0 Å². The third-order valence-electron chi connectivity index (χ3n) is 3.81. The average molecular weight is 383 g/mol. The molecule has 0 aromatic carbocycles. The largest absolute Gasteiger partial charge is 0.436 e. The van der Waals surface area contributed by atoms with Crippen LogP contribution in [0, 0.1) is 0 Å². The van der Waals surface area contributed by atoms with Crippen LogP contribution < -0.4 is 10.6 Å². The molecule has 0 saturated heterocycles. The smallest absolute Gasteiger partial charge is 0.363 e. The summed E-state index contributed by atoms with van der Waals surface area (Å²) in [7, 11) is 0. The van der Waals surface area contributed by atoms with Gasteiger partial charge in [-0.05, 0) is 37.9 Å². The van der Waals surface area contributed by atoms with E-state index in [-0.39, 0.29) is 10.9 Å². The van der Waals surface area contributed by atoms with E-state index in [2.05, 4.69) is 22.7 Å². The highest BCUT2D eigenvalue weighted by molar-refractivity contribution is 7.80. The van der Waals surface area contributed by atoms with Gasteiger partial charge in [-0.1, -0.05) is 24.9 Å². The summed E-state index contributed by atoms with van der Waals surface area (Å²) in [4.78, 5) is 0. The molecule has 1 aliphatic carbocycles. The van der Waals surface area contributed by atoms with E-state index in [1.165, 1.54) is 4.68 Å². The SMILES string of the molecule is CCCCNC(=S)NCCCn1nc(C(F)(F)F)c(Cl)c1C1CC1. The van der Waals surface area contributed by atoms with Crippen molar-refractivity contribution in [3.05, 3.63) is 16.4 Å². The van der Waals surface area contributed by atoms with Crippen LogP contribution >= 0.6 is 23.8 Å². The first kappa shape index (κ1) is 19.3. The lowest BCUT2D eigenvalue weighted by Crippen LogP contribution is -2.36. The fraction of sp³-hybridized carbons (Fsp3) is 0.733. The van der Waals surface area contributed by atoms with Crippen LogP contribution in [0.3, 0.4) is 0 Å². The summed E-state index contributed by atoms with van der Waals surface area (Å²) in [6.07, 6.45) is -0.0435. The zero-order valence-electron chi connectivity index (χ0n) is 13.5. The lowest BCUT2D eigenvalue weighted by Gasteiger charge is -2.11. The van der Waals surface area contributed by atoms with E-state index in [1.54, 1.807) is 0 Å². The average Bonchev–Trinajstić information content (AvgIpc) is 3.27. The van der Waals surface area contributed by atoms with Crippen molar-refractivity contribution in [2.75, 3.05) is 13.1 Å². The second-order valence-electron chi connectivity index (χ2n) is 5.93. The monoisotopic (exact) mass is 382 g/mol. The van der Waals surface area contributed by atoms with Crippen LogP contribution in [-0.4, -0.2) is 28.0 Å². The Morgan fingerprint density at radius 3 is 2.46 bits per heavy atom. The van der Waals surface area contributed by atoms with Crippen LogP contribution in [0.1, 0.15) is 56.3 Å². The van der Waals surface area contributed by atoms with Gasteiger partial charge >= 0.3 is 6.18 Å². The minimum absolute atomic E-state index is 0.103. The fourth-order valence-electron chi connectivity index (χ4n) is 2.42. The molecular formula is C15H22ClF3N4S. The molecule has 24 heavy (non-hydrogen) atoms. The van der Waals surface area contributed by atoms with Crippen molar-refractivity contribution in [3.63, 3.8) is 0 Å². The number of halogens is 4. The maximum Gasteiger partial charge on any atom is 0.436 e. The molecule has 2 N–H and O–H groups in total. The van der Waals surface area contributed by atoms with Crippen molar-refractivity contribution in [1.29, 1.82) is 0 Å². The van der Waals surface area contributed by atoms with Gasteiger partial charge in [0.2, 0.25) is 0 Å². The first-order valence-corrected chi connectivity index (χ1v) is 8.98. The fourth-order valence-corrected chi connectivity index (χ4v) is 3.02. The van der Waals surface area contributed by atoms with E-state index in [9.17, 15) is 13.2 Å². The third-order valence-corrected chi connectivity index (χ3v) is 4.47. The van der Waals surface area contributed by atoms with Gasteiger partial charge in [0.15, 0.2) is 10.8 Å². The number of hydrogen-bond acceptors (Lipinski definition) is 2. The molecule has 4 nitrogen and oxygen atoms in total. The van der Waals surface area contributed by atoms with Crippen LogP contribution in [0.2, 0.25) is 5.02 Å². The van der Waals surface area contributed by atoms with Gasteiger partial charge < -0.3 is 10.6 Å². The van der Waals surface area contributed by atoms with Crippen molar-refractivity contribution >= 4 is 28.9 Å². The standard InChI is InChI=1S/C15H22ClF3N4S/c1-2-3-7-20-14(24)21-8-4-9-23-12(10-5-6-10)11(16)13(22-23)15(17,18)19/h10H,2-9H2,1H3,(H2,20,21,24). The molecule has 0 unspecified atom stereocenters. The van der Waals surface area contributed by atoms with Gasteiger partial charge in [-0.15, -0.1) is 0 Å². The van der Waals surface area contributed by atoms with Gasteiger partial charge in [0.25, 0.3) is 0 Å². The van der Waals surface area contributed by atoms with Crippen LogP contribution in [0.25, 0.3) is 0 Å². The molecule has 2 rings (SSSR count). The Morgan fingerprint density at radius 2 is 1.92 bits per heavy atom. The van der Waals surface area contributed by atoms with Gasteiger partial charge in [0.05, 0.1) is 10.7 Å². The third kappa shape index (κ3) is 5.24. The van der Waals surface area contributed by atoms with Gasteiger partial charge in [-0.3, -0.25) is 4.68 Å². The van der Waals surface area contributed by atoms with Gasteiger partial charge in [0.1, 0.15) is 0 Å². The molecular weight excluding hydrogens is 361 g/mol. The number of aromatic nitrogens is 2. The van der Waals surface area contributed by atoms with Crippen LogP contribution in [-0.2, 0) is 12.7 Å². The summed E-state index contributed by atoms with van der Waals surface area (Å²) in [6.45, 7) is 3.87. The Morgan fingerprint density at radius 1 is 1.29 bits per heavy atom. The molecule has 1 saturated carbocycles. The number of rotatable bonds is 8. The predicted molar refractivity (Wildman–Crippen MR) is 92.3 cm³/mol. The van der Waals surface area contributed by atoms with Crippen molar-refractivity contribution in [3.8, 4) is 0 Å². The maximum atomic E-state index is 13.0. The van der Waals surface area contributed by atoms with E-state index in [4.69, 9.17) is 23.8 Å². The number of aryl methyl sites for hydroxylation is 1. The summed E-state index contributed by atoms with van der Waals surface area (Å²) >= 11 is 11.1. The van der Waals surface area contributed by atoms with Crippen molar-refractivity contribution < 1.29 is 13.2 Å². The quantitative estimate of drug-likeness (QED) is 0.525. The van der Waals surface area contributed by atoms with Gasteiger partial charge in [-0.2, -0.15) is 18.3 Å². The van der Waals surface area contributed by atoms with E-state index >= 15 is 0 Å². The van der Waals surface area contributed by atoms with Crippen molar-refractivity contribution in [2.45, 2.75) is 57.7 Å². The highest BCUT2D eigenvalue weighted by Crippen LogP contribution is 2.46. The first-order valence-electron chi connectivity index (χ1n) is 8.19. The predicted octanol–water partition coefficient (Wildman–Crippen LogP) is 4.09. The molecule has 0 aliphatic heterocycles. The summed E-state index contributed by atoms with van der Waals surface area (Å²) in [5.74, 6) is 0.103. The highest BCUT2D eigenvalue weighted by atomic mass is 35.5. The van der Waals surface area contributed by atoms with Gasteiger partial charge in [-0.25, -0.2) is 0 Å². The molecule has 0 amide bonds. The Bertz CT molecular complexity index is 570. The Labute approximate surface area is 150 Å². The normalized spacial score (nSPS) is 14.7. The molecule has 0 atom stereocenters. The summed E-state index contributed by atoms with van der Waals surface area (Å²) in [5.41, 5.74) is -0.455. The molecule has 1 aromatic heterocycles. The van der Waals surface area contributed by atoms with Crippen molar-refractivity contribution in [2.24, 2.45) is 0 Å². The number of nitrogens with zero attached hydrogens (tertiary/aromatic N) is 2. The molecule has 1 heterocycles. The minimum atomic E-state index is -4.52. The summed E-state index contributed by atoms with van der Waals surface area (Å²) in [5, 5.41) is 10.2. The Balaban J connectivity index is 1.87. The lowest BCUT2D eigenvalue weighted by molar-refractivity contribution is -0.141.